The van der Waals surface area contributed by atoms with Gasteiger partial charge in [-0.2, -0.15) is 13.2 Å². The van der Waals surface area contributed by atoms with E-state index in [2.05, 4.69) is 5.32 Å². The van der Waals surface area contributed by atoms with E-state index in [1.54, 1.807) is 6.92 Å². The molecular formula is C22H24F3NO3. The second-order valence-electron chi connectivity index (χ2n) is 7.37. The van der Waals surface area contributed by atoms with E-state index in [-0.39, 0.29) is 25.5 Å². The van der Waals surface area contributed by atoms with Crippen molar-refractivity contribution in [2.75, 3.05) is 13.2 Å². The molecule has 29 heavy (non-hydrogen) atoms. The van der Waals surface area contributed by atoms with Gasteiger partial charge in [-0.25, -0.2) is 4.79 Å². The van der Waals surface area contributed by atoms with Crippen molar-refractivity contribution in [3.8, 4) is 11.1 Å². The topological polar surface area (TPSA) is 58.6 Å². The smallest absolute Gasteiger partial charge is 0.407 e. The van der Waals surface area contributed by atoms with Crippen LogP contribution in [0.25, 0.3) is 11.1 Å². The predicted molar refractivity (Wildman–Crippen MR) is 104 cm³/mol. The summed E-state index contributed by atoms with van der Waals surface area (Å²) in [7, 11) is 0. The highest BCUT2D eigenvalue weighted by Crippen LogP contribution is 2.44. The number of hydrogen-bond acceptors (Lipinski definition) is 3. The first-order valence-corrected chi connectivity index (χ1v) is 9.60. The molecule has 2 N–H and O–H groups in total. The van der Waals surface area contributed by atoms with Crippen LogP contribution in [-0.4, -0.2) is 36.1 Å². The van der Waals surface area contributed by atoms with Gasteiger partial charge in [-0.3, -0.25) is 0 Å². The molecule has 4 nitrogen and oxygen atoms in total. The SMILES string of the molecule is CCC(O)(CCC(F)(F)F)CNC(=O)OCC1c2ccccc2-c2ccccc21. The van der Waals surface area contributed by atoms with Crippen LogP contribution < -0.4 is 5.32 Å². The van der Waals surface area contributed by atoms with Crippen LogP contribution >= 0.6 is 0 Å². The van der Waals surface area contributed by atoms with Crippen molar-refractivity contribution >= 4 is 6.09 Å². The van der Waals surface area contributed by atoms with Gasteiger partial charge >= 0.3 is 12.3 Å². The number of ether oxygens (including phenoxy) is 1. The number of fused-ring (bicyclic) bond motifs is 3. The zero-order valence-electron chi connectivity index (χ0n) is 16.1. The summed E-state index contributed by atoms with van der Waals surface area (Å²) in [5, 5.41) is 12.7. The van der Waals surface area contributed by atoms with Gasteiger partial charge in [0, 0.05) is 18.9 Å². The normalized spacial score (nSPS) is 15.3. The molecule has 0 fully saturated rings. The second kappa shape index (κ2) is 8.45. The number of carbonyl (C=O) groups excluding carboxylic acids is 1. The van der Waals surface area contributed by atoms with Crippen molar-refractivity contribution in [2.45, 2.75) is 43.9 Å². The average Bonchev–Trinajstić information content (AvgIpc) is 3.03. The lowest BCUT2D eigenvalue weighted by atomic mass is 9.94. The van der Waals surface area contributed by atoms with E-state index >= 15 is 0 Å². The third-order valence-corrected chi connectivity index (χ3v) is 5.44. The quantitative estimate of drug-likeness (QED) is 0.678. The van der Waals surface area contributed by atoms with E-state index in [0.717, 1.165) is 22.3 Å². The lowest BCUT2D eigenvalue weighted by molar-refractivity contribution is -0.146. The summed E-state index contributed by atoms with van der Waals surface area (Å²) in [5.74, 6) is -0.108. The molecule has 1 unspecified atom stereocenters. The highest BCUT2D eigenvalue weighted by molar-refractivity contribution is 5.79. The van der Waals surface area contributed by atoms with Crippen molar-refractivity contribution < 1.29 is 27.8 Å². The van der Waals surface area contributed by atoms with Gasteiger partial charge in [0.1, 0.15) is 6.61 Å². The predicted octanol–water partition coefficient (Wildman–Crippen LogP) is 5.01. The molecule has 2 aromatic carbocycles. The Labute approximate surface area is 167 Å². The molecule has 1 atom stereocenters. The van der Waals surface area contributed by atoms with E-state index in [4.69, 9.17) is 4.74 Å². The molecule has 3 rings (SSSR count). The molecule has 1 aliphatic carbocycles. The van der Waals surface area contributed by atoms with E-state index in [1.807, 2.05) is 48.5 Å². The summed E-state index contributed by atoms with van der Waals surface area (Å²) in [5.41, 5.74) is 2.71. The van der Waals surface area contributed by atoms with Crippen LogP contribution in [-0.2, 0) is 4.74 Å². The van der Waals surface area contributed by atoms with Crippen molar-refractivity contribution in [2.24, 2.45) is 0 Å². The summed E-state index contributed by atoms with van der Waals surface area (Å²) < 4.78 is 42.6. The molecule has 1 amide bonds. The number of rotatable bonds is 7. The standard InChI is InChI=1S/C22H24F3NO3/c1-2-21(28,11-12-22(23,24)25)14-26-20(27)29-13-19-17-9-5-3-7-15(17)16-8-4-6-10-18(16)19/h3-10,19,28H,2,11-14H2,1H3,(H,26,27). The summed E-state index contributed by atoms with van der Waals surface area (Å²) >= 11 is 0. The minimum atomic E-state index is -4.35. The van der Waals surface area contributed by atoms with Crippen LogP contribution in [0.4, 0.5) is 18.0 Å². The number of halogens is 3. The van der Waals surface area contributed by atoms with Crippen LogP contribution in [0.15, 0.2) is 48.5 Å². The number of nitrogens with one attached hydrogen (secondary N) is 1. The Hall–Kier alpha value is -2.54. The van der Waals surface area contributed by atoms with Gasteiger partial charge in [-0.05, 0) is 35.1 Å². The fourth-order valence-electron chi connectivity index (χ4n) is 3.65. The first-order chi connectivity index (χ1) is 13.7. The fraction of sp³-hybridized carbons (Fsp3) is 0.409. The summed E-state index contributed by atoms with van der Waals surface area (Å²) in [6.45, 7) is 1.39. The maximum Gasteiger partial charge on any atom is 0.407 e. The Morgan fingerprint density at radius 1 is 1.03 bits per heavy atom. The minimum Gasteiger partial charge on any atom is -0.449 e. The van der Waals surface area contributed by atoms with Crippen molar-refractivity contribution in [1.82, 2.24) is 5.32 Å². The van der Waals surface area contributed by atoms with Gasteiger partial charge in [-0.1, -0.05) is 55.5 Å². The van der Waals surface area contributed by atoms with Gasteiger partial charge in [0.2, 0.25) is 0 Å². The number of alkyl carbamates (subject to hydrolysis) is 1. The van der Waals surface area contributed by atoms with E-state index in [9.17, 15) is 23.1 Å². The van der Waals surface area contributed by atoms with Gasteiger partial charge < -0.3 is 15.2 Å². The second-order valence-corrected chi connectivity index (χ2v) is 7.37. The lowest BCUT2D eigenvalue weighted by Gasteiger charge is -2.27. The van der Waals surface area contributed by atoms with Gasteiger partial charge in [0.25, 0.3) is 0 Å². The molecule has 0 bridgehead atoms. The number of alkyl halides is 3. The monoisotopic (exact) mass is 407 g/mol. The fourth-order valence-corrected chi connectivity index (χ4v) is 3.65. The van der Waals surface area contributed by atoms with Gasteiger partial charge in [0.15, 0.2) is 0 Å². The number of benzene rings is 2. The Kier molecular flexibility index (Phi) is 6.17. The number of aliphatic hydroxyl groups is 1. The molecule has 0 spiro atoms. The summed E-state index contributed by atoms with van der Waals surface area (Å²) in [6.07, 6.45) is -6.61. The molecule has 0 aromatic heterocycles. The first kappa shape index (κ1) is 21.2. The molecule has 0 radical (unpaired) electrons. The Morgan fingerprint density at radius 2 is 1.59 bits per heavy atom. The number of amides is 1. The van der Waals surface area contributed by atoms with E-state index in [0.29, 0.717) is 0 Å². The third kappa shape index (κ3) is 5.09. The molecule has 0 aliphatic heterocycles. The molecule has 156 valence electrons. The third-order valence-electron chi connectivity index (χ3n) is 5.44. The maximum absolute atomic E-state index is 12.4. The van der Waals surface area contributed by atoms with Crippen LogP contribution in [0.1, 0.15) is 43.2 Å². The van der Waals surface area contributed by atoms with Crippen molar-refractivity contribution in [3.63, 3.8) is 0 Å². The van der Waals surface area contributed by atoms with Crippen molar-refractivity contribution in [3.05, 3.63) is 59.7 Å². The highest BCUT2D eigenvalue weighted by atomic mass is 19.4. The van der Waals surface area contributed by atoms with Crippen LogP contribution in [0.5, 0.6) is 0 Å². The largest absolute Gasteiger partial charge is 0.449 e. The summed E-state index contributed by atoms with van der Waals surface area (Å²) in [4.78, 5) is 12.1. The van der Waals surface area contributed by atoms with Crippen molar-refractivity contribution in [1.29, 1.82) is 0 Å². The molecule has 0 saturated carbocycles. The zero-order chi connectivity index (χ0) is 21.1. The molecule has 7 heteroatoms. The molecule has 2 aromatic rings. The Morgan fingerprint density at radius 3 is 2.10 bits per heavy atom. The maximum atomic E-state index is 12.4. The molecule has 1 aliphatic rings. The average molecular weight is 407 g/mol. The Balaban J connectivity index is 1.58. The molecule has 0 heterocycles. The first-order valence-electron chi connectivity index (χ1n) is 9.60. The van der Waals surface area contributed by atoms with Crippen LogP contribution in [0.2, 0.25) is 0 Å². The van der Waals surface area contributed by atoms with E-state index < -0.39 is 30.7 Å². The number of hydrogen-bond donors (Lipinski definition) is 2. The highest BCUT2D eigenvalue weighted by Gasteiger charge is 2.34. The van der Waals surface area contributed by atoms with Crippen LogP contribution in [0.3, 0.4) is 0 Å². The lowest BCUT2D eigenvalue weighted by Crippen LogP contribution is -2.43. The molecular weight excluding hydrogens is 383 g/mol. The number of carbonyl (C=O) groups is 1. The van der Waals surface area contributed by atoms with Crippen LogP contribution in [0, 0.1) is 0 Å². The molecule has 0 saturated heterocycles. The summed E-state index contributed by atoms with van der Waals surface area (Å²) in [6, 6.07) is 15.8. The Bertz CT molecular complexity index is 823. The van der Waals surface area contributed by atoms with Gasteiger partial charge in [-0.15, -0.1) is 0 Å². The zero-order valence-corrected chi connectivity index (χ0v) is 16.1. The van der Waals surface area contributed by atoms with E-state index in [1.165, 1.54) is 0 Å². The minimum absolute atomic E-state index is 0.0900. The van der Waals surface area contributed by atoms with Gasteiger partial charge in [0.05, 0.1) is 5.60 Å².